The van der Waals surface area contributed by atoms with Gasteiger partial charge in [0.2, 0.25) is 0 Å². The summed E-state index contributed by atoms with van der Waals surface area (Å²) < 4.78 is 1.12. The Labute approximate surface area is 115 Å². The van der Waals surface area contributed by atoms with Crippen LogP contribution in [0.15, 0.2) is 23.7 Å². The molecule has 2 aromatic heterocycles. The van der Waals surface area contributed by atoms with E-state index in [1.54, 1.807) is 17.5 Å². The summed E-state index contributed by atoms with van der Waals surface area (Å²) in [5, 5.41) is 9.77. The van der Waals surface area contributed by atoms with Crippen molar-refractivity contribution in [2.24, 2.45) is 0 Å². The fourth-order valence-electron chi connectivity index (χ4n) is 3.21. The number of carbonyl (C=O) groups is 1. The second kappa shape index (κ2) is 4.28. The Kier molecular flexibility index (Phi) is 2.56. The van der Waals surface area contributed by atoms with Crippen molar-refractivity contribution >= 4 is 27.3 Å². The minimum absolute atomic E-state index is 0.0466. The predicted octanol–water partition coefficient (Wildman–Crippen LogP) is 1.92. The highest BCUT2D eigenvalue weighted by Crippen LogP contribution is 2.28. The molecule has 0 radical (unpaired) electrons. The van der Waals surface area contributed by atoms with Gasteiger partial charge in [-0.2, -0.15) is 0 Å². The van der Waals surface area contributed by atoms with Gasteiger partial charge in [0.25, 0.3) is 5.91 Å². The Morgan fingerprint density at radius 3 is 3.21 bits per heavy atom. The van der Waals surface area contributed by atoms with E-state index in [0.29, 0.717) is 17.8 Å². The van der Waals surface area contributed by atoms with Crippen molar-refractivity contribution < 1.29 is 4.79 Å². The normalized spacial score (nSPS) is 28.9. The van der Waals surface area contributed by atoms with Crippen LogP contribution < -0.4 is 10.6 Å². The van der Waals surface area contributed by atoms with Gasteiger partial charge < -0.3 is 10.6 Å². The molecule has 0 saturated carbocycles. The summed E-state index contributed by atoms with van der Waals surface area (Å²) in [5.74, 6) is -0.0466. The Bertz CT molecular complexity index is 638. The molecule has 2 bridgehead atoms. The molecule has 2 saturated heterocycles. The maximum Gasteiger partial charge on any atom is 0.270 e. The topological polar surface area (TPSA) is 54.0 Å². The largest absolute Gasteiger partial charge is 0.346 e. The molecule has 3 unspecified atom stereocenters. The number of hydrogen-bond acceptors (Lipinski definition) is 4. The number of amides is 1. The van der Waals surface area contributed by atoms with E-state index in [1.807, 2.05) is 17.5 Å². The third-order valence-corrected chi connectivity index (χ3v) is 5.07. The van der Waals surface area contributed by atoms with E-state index in [0.717, 1.165) is 16.5 Å². The lowest BCUT2D eigenvalue weighted by atomic mass is 9.95. The van der Waals surface area contributed by atoms with Gasteiger partial charge in [-0.25, -0.2) is 0 Å². The molecule has 3 atom stereocenters. The van der Waals surface area contributed by atoms with Gasteiger partial charge in [0.1, 0.15) is 5.69 Å². The molecule has 2 aliphatic heterocycles. The second-order valence-corrected chi connectivity index (χ2v) is 6.34. The summed E-state index contributed by atoms with van der Waals surface area (Å²) in [5.41, 5.74) is 0.526. The highest BCUT2D eigenvalue weighted by atomic mass is 32.1. The number of carbonyl (C=O) groups excluding carboxylic acids is 1. The molecule has 98 valence electrons. The molecule has 0 spiro atoms. The number of fused-ring (bicyclic) bond motifs is 3. The molecule has 5 heteroatoms. The van der Waals surface area contributed by atoms with E-state index in [-0.39, 0.29) is 11.9 Å². The SMILES string of the molecule is O=C(NC1CC2CCC1N2)c1cc2sccc2cn1. The lowest BCUT2D eigenvalue weighted by molar-refractivity contribution is 0.0926. The summed E-state index contributed by atoms with van der Waals surface area (Å²) in [6.07, 6.45) is 5.25. The molecule has 4 nitrogen and oxygen atoms in total. The molecule has 2 fully saturated rings. The second-order valence-electron chi connectivity index (χ2n) is 5.39. The zero-order valence-corrected chi connectivity index (χ0v) is 11.2. The third-order valence-electron chi connectivity index (χ3n) is 4.19. The molecule has 2 aliphatic rings. The van der Waals surface area contributed by atoms with Gasteiger partial charge in [0.15, 0.2) is 0 Å². The van der Waals surface area contributed by atoms with Crippen molar-refractivity contribution in [3.8, 4) is 0 Å². The van der Waals surface area contributed by atoms with E-state index in [1.165, 1.54) is 12.8 Å². The molecule has 4 rings (SSSR count). The summed E-state index contributed by atoms with van der Waals surface area (Å²) in [4.78, 5) is 16.5. The molecule has 4 heterocycles. The van der Waals surface area contributed by atoms with Crippen molar-refractivity contribution in [3.63, 3.8) is 0 Å². The van der Waals surface area contributed by atoms with Crippen LogP contribution in [0, 0.1) is 0 Å². The number of nitrogens with zero attached hydrogens (tertiary/aromatic N) is 1. The first kappa shape index (κ1) is 11.4. The first-order valence-electron chi connectivity index (χ1n) is 6.70. The lowest BCUT2D eigenvalue weighted by Gasteiger charge is -2.21. The number of aromatic nitrogens is 1. The van der Waals surface area contributed by atoms with Crippen molar-refractivity contribution in [3.05, 3.63) is 29.4 Å². The first-order valence-corrected chi connectivity index (χ1v) is 7.58. The van der Waals surface area contributed by atoms with Crippen LogP contribution in [0.2, 0.25) is 0 Å². The van der Waals surface area contributed by atoms with Gasteiger partial charge >= 0.3 is 0 Å². The highest BCUT2D eigenvalue weighted by molar-refractivity contribution is 7.17. The molecule has 1 amide bonds. The Balaban J connectivity index is 1.53. The fourth-order valence-corrected chi connectivity index (χ4v) is 4.00. The van der Waals surface area contributed by atoms with Gasteiger partial charge in [-0.1, -0.05) is 0 Å². The molecule has 2 N–H and O–H groups in total. The van der Waals surface area contributed by atoms with Crippen molar-refractivity contribution in [2.45, 2.75) is 37.4 Å². The molecule has 0 aromatic carbocycles. The van der Waals surface area contributed by atoms with E-state index in [9.17, 15) is 4.79 Å². The highest BCUT2D eigenvalue weighted by Gasteiger charge is 2.39. The standard InChI is InChI=1S/C14H15N3OS/c18-14(17-11-5-9-1-2-10(11)16-9)12-6-13-8(7-15-12)3-4-19-13/h3-4,6-7,9-11,16H,1-2,5H2,(H,17,18). The van der Waals surface area contributed by atoms with E-state index >= 15 is 0 Å². The Morgan fingerprint density at radius 1 is 1.47 bits per heavy atom. The number of hydrogen-bond donors (Lipinski definition) is 2. The number of thiophene rings is 1. The predicted molar refractivity (Wildman–Crippen MR) is 75.4 cm³/mol. The molecule has 0 aliphatic carbocycles. The zero-order valence-electron chi connectivity index (χ0n) is 10.4. The van der Waals surface area contributed by atoms with Gasteiger partial charge in [0, 0.05) is 34.4 Å². The van der Waals surface area contributed by atoms with E-state index < -0.39 is 0 Å². The summed E-state index contributed by atoms with van der Waals surface area (Å²) in [7, 11) is 0. The maximum atomic E-state index is 12.2. The third kappa shape index (κ3) is 1.93. The Morgan fingerprint density at radius 2 is 2.42 bits per heavy atom. The van der Waals surface area contributed by atoms with Crippen LogP contribution in [0.4, 0.5) is 0 Å². The van der Waals surface area contributed by atoms with Gasteiger partial charge in [-0.15, -0.1) is 11.3 Å². The monoisotopic (exact) mass is 273 g/mol. The van der Waals surface area contributed by atoms with Crippen LogP contribution in [0.1, 0.15) is 29.8 Å². The lowest BCUT2D eigenvalue weighted by Crippen LogP contribution is -2.43. The smallest absolute Gasteiger partial charge is 0.270 e. The van der Waals surface area contributed by atoms with Crippen molar-refractivity contribution in [1.29, 1.82) is 0 Å². The average molecular weight is 273 g/mol. The van der Waals surface area contributed by atoms with Gasteiger partial charge in [0.05, 0.1) is 0 Å². The van der Waals surface area contributed by atoms with Crippen LogP contribution in [0.3, 0.4) is 0 Å². The fraction of sp³-hybridized carbons (Fsp3) is 0.429. The van der Waals surface area contributed by atoms with Crippen LogP contribution in [-0.2, 0) is 0 Å². The summed E-state index contributed by atoms with van der Waals surface area (Å²) in [6.45, 7) is 0. The minimum Gasteiger partial charge on any atom is -0.346 e. The van der Waals surface area contributed by atoms with Crippen molar-refractivity contribution in [2.75, 3.05) is 0 Å². The van der Waals surface area contributed by atoms with Crippen molar-refractivity contribution in [1.82, 2.24) is 15.6 Å². The molecular weight excluding hydrogens is 258 g/mol. The molecule has 19 heavy (non-hydrogen) atoms. The summed E-state index contributed by atoms with van der Waals surface area (Å²) >= 11 is 1.64. The van der Waals surface area contributed by atoms with Crippen LogP contribution in [-0.4, -0.2) is 29.0 Å². The zero-order chi connectivity index (χ0) is 12.8. The Hall–Kier alpha value is -1.46. The van der Waals surface area contributed by atoms with Gasteiger partial charge in [-0.05, 0) is 36.8 Å². The first-order chi connectivity index (χ1) is 9.29. The maximum absolute atomic E-state index is 12.2. The minimum atomic E-state index is -0.0466. The van der Waals surface area contributed by atoms with E-state index in [2.05, 4.69) is 15.6 Å². The van der Waals surface area contributed by atoms with E-state index in [4.69, 9.17) is 0 Å². The van der Waals surface area contributed by atoms with Gasteiger partial charge in [-0.3, -0.25) is 9.78 Å². The quantitative estimate of drug-likeness (QED) is 0.879. The van der Waals surface area contributed by atoms with Crippen LogP contribution >= 0.6 is 11.3 Å². The molecular formula is C14H15N3OS. The van der Waals surface area contributed by atoms with Crippen LogP contribution in [0.25, 0.3) is 10.1 Å². The molecule has 2 aromatic rings. The summed E-state index contributed by atoms with van der Waals surface area (Å²) in [6, 6.07) is 5.24. The van der Waals surface area contributed by atoms with Crippen LogP contribution in [0.5, 0.6) is 0 Å². The number of nitrogens with one attached hydrogen (secondary N) is 2. The number of rotatable bonds is 2. The average Bonchev–Trinajstić information content (AvgIpc) is 3.13. The number of pyridine rings is 1.